The minimum absolute atomic E-state index is 0.0204. The van der Waals surface area contributed by atoms with Crippen molar-refractivity contribution >= 4 is 74.5 Å². The monoisotopic (exact) mass is 853 g/mol. The molecule has 0 bridgehead atoms. The lowest BCUT2D eigenvalue weighted by molar-refractivity contribution is -0.141. The van der Waals surface area contributed by atoms with Crippen molar-refractivity contribution in [2.75, 3.05) is 6.54 Å². The Labute approximate surface area is 337 Å². The molecule has 2 saturated carbocycles. The van der Waals surface area contributed by atoms with Crippen LogP contribution in [0.2, 0.25) is 8.67 Å². The number of ether oxygens (including phenoxy) is 2. The molecule has 19 heteroatoms. The summed E-state index contributed by atoms with van der Waals surface area (Å²) < 4.78 is 54.5. The van der Waals surface area contributed by atoms with Crippen molar-refractivity contribution in [3.05, 3.63) is 62.0 Å². The van der Waals surface area contributed by atoms with Crippen molar-refractivity contribution in [3.8, 4) is 0 Å². The number of sulfonamides is 1. The van der Waals surface area contributed by atoms with Gasteiger partial charge in [0.05, 0.1) is 17.4 Å². The molecule has 3 aliphatic heterocycles. The maximum Gasteiger partial charge on any atom is 0.410 e. The minimum atomic E-state index is -4.50. The highest BCUT2D eigenvalue weighted by molar-refractivity contribution is 7.90. The van der Waals surface area contributed by atoms with Gasteiger partial charge in [0.25, 0.3) is 15.9 Å². The van der Waals surface area contributed by atoms with E-state index in [0.717, 1.165) is 49.5 Å². The topological polar surface area (TPSA) is 181 Å². The Morgan fingerprint density at radius 2 is 1.77 bits per heavy atom. The van der Waals surface area contributed by atoms with E-state index in [1.54, 1.807) is 18.2 Å². The second-order valence-electron chi connectivity index (χ2n) is 15.0. The summed E-state index contributed by atoms with van der Waals surface area (Å²) in [5, 5.41) is 5.47. The first-order valence-corrected chi connectivity index (χ1v) is 21.8. The lowest BCUT2D eigenvalue weighted by Gasteiger charge is -2.30. The van der Waals surface area contributed by atoms with Gasteiger partial charge in [-0.05, 0) is 69.1 Å². The largest absolute Gasteiger partial charge is 0.446 e. The molecule has 2 aliphatic carbocycles. The van der Waals surface area contributed by atoms with Gasteiger partial charge in [-0.3, -0.25) is 19.3 Å². The highest BCUT2D eigenvalue weighted by atomic mass is 35.5. The van der Waals surface area contributed by atoms with E-state index in [2.05, 4.69) is 15.4 Å². The number of hydrogen-bond donors (Lipinski definition) is 3. The molecule has 5 atom stereocenters. The van der Waals surface area contributed by atoms with E-state index in [0.29, 0.717) is 30.4 Å². The number of nitrogens with one attached hydrogen (secondary N) is 3. The maximum absolute atomic E-state index is 14.5. The molecule has 3 N–H and O–H groups in total. The summed E-state index contributed by atoms with van der Waals surface area (Å²) in [7, 11) is -4.50. The molecule has 0 unspecified atom stereocenters. The van der Waals surface area contributed by atoms with Crippen LogP contribution in [-0.2, 0) is 47.0 Å². The third-order valence-corrected chi connectivity index (χ3v) is 14.2. The van der Waals surface area contributed by atoms with Gasteiger partial charge < -0.3 is 25.0 Å². The predicted octanol–water partition coefficient (Wildman–Crippen LogP) is 5.55. The van der Waals surface area contributed by atoms with E-state index in [1.807, 2.05) is 6.08 Å². The summed E-state index contributed by atoms with van der Waals surface area (Å²) in [6.07, 6.45) is 6.93. The molecule has 302 valence electrons. The molecule has 7 rings (SSSR count). The van der Waals surface area contributed by atoms with Crippen LogP contribution in [0.1, 0.15) is 81.8 Å². The van der Waals surface area contributed by atoms with Crippen LogP contribution in [-0.4, -0.2) is 84.5 Å². The number of carbonyl (C=O) groups excluding carboxylic acids is 5. The Morgan fingerprint density at radius 3 is 2.50 bits per heavy atom. The molecular weight excluding hydrogens is 812 g/mol. The zero-order valence-electron chi connectivity index (χ0n) is 30.3. The van der Waals surface area contributed by atoms with Gasteiger partial charge in [-0.15, -0.1) is 11.3 Å². The number of benzene rings is 1. The van der Waals surface area contributed by atoms with Crippen molar-refractivity contribution in [3.63, 3.8) is 0 Å². The van der Waals surface area contributed by atoms with Gasteiger partial charge in [-0.25, -0.2) is 27.1 Å². The number of alkyl carbamates (subject to hydrolysis) is 1. The van der Waals surface area contributed by atoms with E-state index in [9.17, 15) is 36.8 Å². The third-order valence-electron chi connectivity index (χ3n) is 11.1. The standard InChI is InChI=1S/C37H42Cl2FN5O9S2/c38-30-16-29(31(39)55-30)56(51,52)43-34(48)37-17-22(37)10-4-2-1-3-5-14-27(41-35(49)53-23-11-6-7-12-23)33(47)45-19-24(15-28(45)32(46)42-37)54-36(50)44-18-21-9-8-13-26(40)25(21)20-44/h4,8-10,13,16,22-24,27-28H,1-3,5-7,11-12,14-15,17-20H2,(H,41,49)(H,42,46)(H,43,48)/t22-,24-,27+,28+,37-/m1/s1. The number of nitrogens with zero attached hydrogens (tertiary/aromatic N) is 2. The van der Waals surface area contributed by atoms with Crippen molar-refractivity contribution < 1.29 is 46.3 Å². The molecular formula is C37H42Cl2FN5O9S2. The predicted molar refractivity (Wildman–Crippen MR) is 203 cm³/mol. The Balaban J connectivity index is 1.14. The molecule has 4 heterocycles. The van der Waals surface area contributed by atoms with E-state index in [1.165, 1.54) is 15.9 Å². The number of amides is 5. The lowest BCUT2D eigenvalue weighted by atomic mass is 10.0. The summed E-state index contributed by atoms with van der Waals surface area (Å²) in [4.78, 5) is 71.3. The number of fused-ring (bicyclic) bond motifs is 3. The van der Waals surface area contributed by atoms with E-state index in [-0.39, 0.29) is 58.6 Å². The Kier molecular flexibility index (Phi) is 11.9. The maximum atomic E-state index is 14.5. The van der Waals surface area contributed by atoms with Gasteiger partial charge in [0, 0.05) is 24.4 Å². The number of allylic oxidation sites excluding steroid dienone is 1. The third kappa shape index (κ3) is 8.65. The second-order valence-corrected chi connectivity index (χ2v) is 18.9. The summed E-state index contributed by atoms with van der Waals surface area (Å²) in [5.41, 5.74) is -0.693. The normalized spacial score (nSPS) is 27.0. The fourth-order valence-corrected chi connectivity index (χ4v) is 11.2. The number of carbonyl (C=O) groups is 5. The highest BCUT2D eigenvalue weighted by Crippen LogP contribution is 2.46. The summed E-state index contributed by atoms with van der Waals surface area (Å²) in [6, 6.07) is 3.33. The molecule has 1 aromatic carbocycles. The molecule has 0 spiro atoms. The average Bonchev–Trinajstić information content (AvgIpc) is 3.70. The molecule has 5 amide bonds. The molecule has 1 aromatic heterocycles. The van der Waals surface area contributed by atoms with Crippen LogP contribution in [0.4, 0.5) is 14.0 Å². The van der Waals surface area contributed by atoms with Gasteiger partial charge in [-0.2, -0.15) is 0 Å². The number of thiophene rings is 1. The Morgan fingerprint density at radius 1 is 1.00 bits per heavy atom. The van der Waals surface area contributed by atoms with Crippen LogP contribution >= 0.6 is 34.5 Å². The lowest BCUT2D eigenvalue weighted by Crippen LogP contribution is -2.58. The van der Waals surface area contributed by atoms with Crippen LogP contribution in [0, 0.1) is 11.7 Å². The minimum Gasteiger partial charge on any atom is -0.446 e. The SMILES string of the molecule is O=C(N[C@H]1CCCCCC=C[C@@H]2C[C@@]2(C(=O)NS(=O)(=O)c2cc(Cl)sc2Cl)NC(=O)[C@@H]2C[C@@H](OC(=O)N3Cc4cccc(F)c4C3)CN2C1=O)OC1CCCC1. The van der Waals surface area contributed by atoms with Crippen molar-refractivity contribution in [1.29, 1.82) is 0 Å². The molecule has 3 fully saturated rings. The van der Waals surface area contributed by atoms with Crippen LogP contribution in [0.15, 0.2) is 41.3 Å². The van der Waals surface area contributed by atoms with E-state index in [4.69, 9.17) is 32.7 Å². The van der Waals surface area contributed by atoms with Gasteiger partial charge >= 0.3 is 12.2 Å². The van der Waals surface area contributed by atoms with Crippen LogP contribution in [0.25, 0.3) is 0 Å². The number of rotatable bonds is 6. The zero-order valence-corrected chi connectivity index (χ0v) is 33.4. The summed E-state index contributed by atoms with van der Waals surface area (Å²) in [5.74, 6) is -3.41. The molecule has 2 aromatic rings. The van der Waals surface area contributed by atoms with Gasteiger partial charge in [0.15, 0.2) is 0 Å². The molecule has 56 heavy (non-hydrogen) atoms. The van der Waals surface area contributed by atoms with Crippen LogP contribution in [0.5, 0.6) is 0 Å². The van der Waals surface area contributed by atoms with Gasteiger partial charge in [-0.1, -0.05) is 60.3 Å². The van der Waals surface area contributed by atoms with Crippen LogP contribution in [0.3, 0.4) is 0 Å². The number of halogens is 3. The quantitative estimate of drug-likeness (QED) is 0.314. The molecule has 0 radical (unpaired) electrons. The van der Waals surface area contributed by atoms with Crippen molar-refractivity contribution in [1.82, 2.24) is 25.2 Å². The van der Waals surface area contributed by atoms with E-state index < -0.39 is 75.4 Å². The number of hydrogen-bond acceptors (Lipinski definition) is 10. The molecule has 1 saturated heterocycles. The van der Waals surface area contributed by atoms with Gasteiger partial charge in [0.1, 0.15) is 44.9 Å². The first-order chi connectivity index (χ1) is 26.7. The van der Waals surface area contributed by atoms with E-state index >= 15 is 0 Å². The summed E-state index contributed by atoms with van der Waals surface area (Å²) in [6.45, 7) is -0.131. The molecule has 5 aliphatic rings. The summed E-state index contributed by atoms with van der Waals surface area (Å²) >= 11 is 12.9. The second kappa shape index (κ2) is 16.5. The van der Waals surface area contributed by atoms with Crippen molar-refractivity contribution in [2.24, 2.45) is 5.92 Å². The smallest absolute Gasteiger partial charge is 0.410 e. The Hall–Kier alpha value is -3.93. The fraction of sp³-hybridized carbons (Fsp3) is 0.541. The van der Waals surface area contributed by atoms with Crippen molar-refractivity contribution in [2.45, 2.75) is 118 Å². The highest BCUT2D eigenvalue weighted by Gasteiger charge is 2.62. The van der Waals surface area contributed by atoms with Gasteiger partial charge in [0.2, 0.25) is 11.8 Å². The average molecular weight is 855 g/mol. The molecule has 14 nitrogen and oxygen atoms in total. The first-order valence-electron chi connectivity index (χ1n) is 18.7. The van der Waals surface area contributed by atoms with Crippen LogP contribution < -0.4 is 15.4 Å². The zero-order chi connectivity index (χ0) is 39.8. The first kappa shape index (κ1) is 40.3. The Bertz CT molecular complexity index is 2040. The fourth-order valence-electron chi connectivity index (χ4n) is 8.00.